The van der Waals surface area contributed by atoms with Gasteiger partial charge in [-0.2, -0.15) is 0 Å². The Bertz CT molecular complexity index is 3730. The molecule has 0 saturated carbocycles. The molecule has 11 aromatic carbocycles. The van der Waals surface area contributed by atoms with Gasteiger partial charge in [0.1, 0.15) is 28.4 Å². The van der Waals surface area contributed by atoms with Gasteiger partial charge in [-0.05, 0) is 52.9 Å². The summed E-state index contributed by atoms with van der Waals surface area (Å²) in [6, 6.07) is 118. The lowest BCUT2D eigenvalue weighted by Crippen LogP contribution is -3.25. The molecule has 0 bridgehead atoms. The molecule has 340 valence electrons. The largest absolute Gasteiger partial charge is 0.309 e. The molecule has 0 N–H and O–H groups in total. The van der Waals surface area contributed by atoms with E-state index in [9.17, 15) is 0 Å². The van der Waals surface area contributed by atoms with E-state index in [1.54, 1.807) is 31.1 Å². The van der Waals surface area contributed by atoms with Gasteiger partial charge in [-0.3, -0.25) is 0 Å². The molecular formula is C67H51NSi4. The Morgan fingerprint density at radius 3 is 1.08 bits per heavy atom. The number of nitrogens with zero attached hydrogens (tertiary/aromatic N) is 1. The zero-order chi connectivity index (χ0) is 47.7. The van der Waals surface area contributed by atoms with E-state index in [-0.39, 0.29) is 0 Å². The quantitative estimate of drug-likeness (QED) is 0.127. The molecular weight excluding hydrogens is 931 g/mol. The number of rotatable bonds is 9. The van der Waals surface area contributed by atoms with Gasteiger partial charge in [0.15, 0.2) is 0 Å². The standard InChI is InChI=1S/C67H51NSi4/c1-7-29-53(30-8-1)69(54-31-9-2-10-32-54)71(57-37-15-5-16-38-57,59-41-25-28-52(50-59)68-65-46-23-21-43-62(65)63-44-22-24-47-66(63)68)70(55-33-11-3-12-34-55,56-35-13-4-14-36-56)72(69,58-39-17-6-18-40-58)67-48-26-45-61-60-42-20-19-27-51(60)49-64(61)67/h1-48,50H,49H2. The summed E-state index contributed by atoms with van der Waals surface area (Å²) < 4.78 is 2.56. The van der Waals surface area contributed by atoms with Crippen LogP contribution in [-0.4, -0.2) is 33.0 Å². The molecule has 1 saturated heterocycles. The number of hydrogen-bond donors (Lipinski definition) is 0. The third-order valence-electron chi connectivity index (χ3n) is 16.9. The van der Waals surface area contributed by atoms with Gasteiger partial charge in [0, 0.05) is 16.5 Å². The summed E-state index contributed by atoms with van der Waals surface area (Å²) in [5.41, 5.74) is 9.45. The van der Waals surface area contributed by atoms with Gasteiger partial charge in [-0.15, -0.1) is 0 Å². The van der Waals surface area contributed by atoms with E-state index < -0.39 is 28.4 Å². The van der Waals surface area contributed by atoms with Crippen LogP contribution in [0.25, 0.3) is 38.6 Å². The van der Waals surface area contributed by atoms with E-state index >= 15 is 0 Å². The Balaban J connectivity index is 1.28. The van der Waals surface area contributed by atoms with Gasteiger partial charge in [0.05, 0.1) is 11.0 Å². The summed E-state index contributed by atoms with van der Waals surface area (Å²) in [4.78, 5) is 0. The van der Waals surface area contributed by atoms with Crippen molar-refractivity contribution in [2.24, 2.45) is 0 Å². The summed E-state index contributed by atoms with van der Waals surface area (Å²) in [5, 5.41) is 15.0. The highest BCUT2D eigenvalue weighted by molar-refractivity contribution is 8.27. The zero-order valence-corrected chi connectivity index (χ0v) is 43.9. The maximum atomic E-state index is 2.72. The van der Waals surface area contributed by atoms with Crippen molar-refractivity contribution in [1.82, 2.24) is 4.57 Å². The average molecular weight is 982 g/mol. The lowest BCUT2D eigenvalue weighted by atomic mass is 10.1. The van der Waals surface area contributed by atoms with E-state index in [0.717, 1.165) is 6.42 Å². The highest BCUT2D eigenvalue weighted by Gasteiger charge is 2.94. The summed E-state index contributed by atoms with van der Waals surface area (Å²) in [6.07, 6.45) is 0.925. The van der Waals surface area contributed by atoms with Crippen LogP contribution in [-0.2, 0) is 6.42 Å². The topological polar surface area (TPSA) is 4.93 Å². The maximum absolute atomic E-state index is 3.38. The first-order valence-corrected chi connectivity index (χ1v) is 37.4. The first-order valence-electron chi connectivity index (χ1n) is 25.4. The van der Waals surface area contributed by atoms with Crippen molar-refractivity contribution in [1.29, 1.82) is 0 Å². The Morgan fingerprint density at radius 1 is 0.264 bits per heavy atom. The minimum Gasteiger partial charge on any atom is -0.309 e. The number of aromatic nitrogens is 1. The third kappa shape index (κ3) is 5.51. The summed E-state index contributed by atoms with van der Waals surface area (Å²) in [6.45, 7) is 0. The normalized spacial score (nSPS) is 18.3. The highest BCUT2D eigenvalue weighted by Crippen LogP contribution is 2.52. The van der Waals surface area contributed by atoms with Crippen molar-refractivity contribution in [2.75, 3.05) is 0 Å². The van der Waals surface area contributed by atoms with E-state index in [1.165, 1.54) is 60.1 Å². The van der Waals surface area contributed by atoms with Crippen LogP contribution >= 0.6 is 0 Å². The lowest BCUT2D eigenvalue weighted by molar-refractivity contribution is 1.18. The molecule has 0 radical (unpaired) electrons. The molecule has 2 heterocycles. The molecule has 1 aliphatic carbocycles. The molecule has 0 unspecified atom stereocenters. The minimum absolute atomic E-state index is 0.925. The Labute approximate surface area is 425 Å². The summed E-state index contributed by atoms with van der Waals surface area (Å²) in [7, 11) is -13.4. The van der Waals surface area contributed by atoms with Gasteiger partial charge >= 0.3 is 0 Å². The second-order valence-corrected chi connectivity index (χ2v) is 54.4. The van der Waals surface area contributed by atoms with Gasteiger partial charge in [-0.25, -0.2) is 0 Å². The summed E-state index contributed by atoms with van der Waals surface area (Å²) in [5.74, 6) is 0. The Hall–Kier alpha value is -7.91. The van der Waals surface area contributed by atoms with E-state index in [0.29, 0.717) is 0 Å². The van der Waals surface area contributed by atoms with Gasteiger partial charge in [0.2, 0.25) is 0 Å². The van der Waals surface area contributed by atoms with Crippen LogP contribution < -0.4 is 41.5 Å². The Morgan fingerprint density at radius 2 is 0.611 bits per heavy atom. The molecule has 1 aromatic heterocycles. The van der Waals surface area contributed by atoms with Crippen LogP contribution in [0.4, 0.5) is 0 Å². The zero-order valence-electron chi connectivity index (χ0n) is 39.9. The maximum Gasteiger partial charge on any atom is 0.121 e. The van der Waals surface area contributed by atoms with Crippen LogP contribution in [0, 0.1) is 0 Å². The van der Waals surface area contributed by atoms with Crippen LogP contribution in [0.1, 0.15) is 11.1 Å². The highest BCUT2D eigenvalue weighted by atomic mass is 30.2. The van der Waals surface area contributed by atoms with Crippen molar-refractivity contribution < 1.29 is 0 Å². The van der Waals surface area contributed by atoms with Crippen molar-refractivity contribution in [3.8, 4) is 16.8 Å². The van der Waals surface area contributed by atoms with Gasteiger partial charge < -0.3 is 4.57 Å². The number of hydrogen-bond acceptors (Lipinski definition) is 0. The lowest BCUT2D eigenvalue weighted by Gasteiger charge is -2.79. The van der Waals surface area contributed by atoms with Gasteiger partial charge in [0.25, 0.3) is 0 Å². The van der Waals surface area contributed by atoms with Crippen LogP contribution in [0.2, 0.25) is 0 Å². The van der Waals surface area contributed by atoms with Crippen LogP contribution in [0.5, 0.6) is 0 Å². The SMILES string of the molecule is c1ccc([Si]2(c3cccc(-n4c5ccccc5c5ccccc54)c3)[Si](c3ccccc3)(c3ccccc3)[Si](c3ccccc3)(c3cccc4c3Cc3ccccc3-4)[Si]2(c2ccccc2)c2ccccc2)cc1. The number of benzene rings is 11. The first kappa shape index (κ1) is 42.9. The van der Waals surface area contributed by atoms with Crippen molar-refractivity contribution in [2.45, 2.75) is 6.42 Å². The molecule has 5 heteroatoms. The fraction of sp³-hybridized carbons (Fsp3) is 0.0149. The van der Waals surface area contributed by atoms with Crippen molar-refractivity contribution in [3.05, 3.63) is 308 Å². The molecule has 1 nitrogen and oxygen atoms in total. The molecule has 1 aliphatic heterocycles. The molecule has 12 aromatic rings. The van der Waals surface area contributed by atoms with Crippen molar-refractivity contribution >= 4 is 91.7 Å². The molecule has 2 aliphatic rings. The molecule has 0 amide bonds. The van der Waals surface area contributed by atoms with Crippen LogP contribution in [0.15, 0.2) is 297 Å². The third-order valence-corrected chi connectivity index (χ3v) is 94.3. The van der Waals surface area contributed by atoms with E-state index in [2.05, 4.69) is 302 Å². The molecule has 1 fully saturated rings. The predicted molar refractivity (Wildman–Crippen MR) is 314 cm³/mol. The molecule has 0 atom stereocenters. The fourth-order valence-electron chi connectivity index (χ4n) is 14.9. The predicted octanol–water partition coefficient (Wildman–Crippen LogP) is 10.0. The number of para-hydroxylation sites is 2. The fourth-order valence-corrected chi connectivity index (χ4v) is 136. The monoisotopic (exact) mass is 981 g/mol. The molecule has 14 rings (SSSR count). The van der Waals surface area contributed by atoms with E-state index in [1.807, 2.05) is 0 Å². The second kappa shape index (κ2) is 16.9. The Kier molecular flexibility index (Phi) is 10.1. The van der Waals surface area contributed by atoms with Crippen molar-refractivity contribution in [3.63, 3.8) is 0 Å². The average Bonchev–Trinajstić information content (AvgIpc) is 4.02. The molecule has 72 heavy (non-hydrogen) atoms. The number of fused-ring (bicyclic) bond motifs is 6. The van der Waals surface area contributed by atoms with Gasteiger partial charge in [-0.1, -0.05) is 314 Å². The first-order chi connectivity index (χ1) is 35.8. The van der Waals surface area contributed by atoms with E-state index in [4.69, 9.17) is 0 Å². The second-order valence-electron chi connectivity index (χ2n) is 19.8. The molecule has 0 spiro atoms. The van der Waals surface area contributed by atoms with Crippen LogP contribution in [0.3, 0.4) is 0 Å². The minimum atomic E-state index is -3.38. The summed E-state index contributed by atoms with van der Waals surface area (Å²) >= 11 is 0. The smallest absolute Gasteiger partial charge is 0.121 e.